The number of nitrogens with zero attached hydrogens (tertiary/aromatic N) is 3. The number of nitrogens with one attached hydrogen (secondary N) is 2. The fourth-order valence-corrected chi connectivity index (χ4v) is 3.41. The SMILES string of the molecule is COc1ccc(-c2[nH]ncc2CNC(=O)N2CCN3C(=O)OC[C@H]3C2)cc1. The lowest BCUT2D eigenvalue weighted by Crippen LogP contribution is -2.55. The summed E-state index contributed by atoms with van der Waals surface area (Å²) in [6.45, 7) is 2.17. The van der Waals surface area contributed by atoms with Crippen molar-refractivity contribution < 1.29 is 19.1 Å². The molecule has 4 rings (SSSR count). The number of hydrogen-bond donors (Lipinski definition) is 2. The molecule has 1 atom stereocenters. The van der Waals surface area contributed by atoms with Crippen LogP contribution in [-0.4, -0.2) is 71.5 Å². The van der Waals surface area contributed by atoms with E-state index in [0.717, 1.165) is 22.6 Å². The van der Waals surface area contributed by atoms with Crippen LogP contribution in [0, 0.1) is 0 Å². The molecule has 9 nitrogen and oxygen atoms in total. The lowest BCUT2D eigenvalue weighted by Gasteiger charge is -2.35. The van der Waals surface area contributed by atoms with Crippen molar-refractivity contribution in [2.75, 3.05) is 33.4 Å². The highest BCUT2D eigenvalue weighted by atomic mass is 16.6. The molecule has 3 heterocycles. The van der Waals surface area contributed by atoms with E-state index in [2.05, 4.69) is 15.5 Å². The third-order valence-corrected chi connectivity index (χ3v) is 4.93. The molecule has 2 fully saturated rings. The Morgan fingerprint density at radius 2 is 2.19 bits per heavy atom. The Balaban J connectivity index is 1.37. The molecule has 2 aliphatic rings. The van der Waals surface area contributed by atoms with E-state index in [1.54, 1.807) is 23.1 Å². The number of rotatable bonds is 4. The molecule has 2 N–H and O–H groups in total. The van der Waals surface area contributed by atoms with E-state index in [0.29, 0.717) is 32.8 Å². The molecular weight excluding hydrogens is 350 g/mol. The zero-order valence-corrected chi connectivity index (χ0v) is 15.0. The molecule has 0 unspecified atom stereocenters. The van der Waals surface area contributed by atoms with Gasteiger partial charge in [0.1, 0.15) is 12.4 Å². The molecule has 2 saturated heterocycles. The number of methoxy groups -OCH3 is 1. The second-order valence-electron chi connectivity index (χ2n) is 6.53. The first-order valence-corrected chi connectivity index (χ1v) is 8.78. The number of carbonyl (C=O) groups excluding carboxylic acids is 2. The summed E-state index contributed by atoms with van der Waals surface area (Å²) in [6.07, 6.45) is 1.42. The van der Waals surface area contributed by atoms with Gasteiger partial charge in [0.25, 0.3) is 0 Å². The fraction of sp³-hybridized carbons (Fsp3) is 0.389. The summed E-state index contributed by atoms with van der Waals surface area (Å²) in [4.78, 5) is 27.5. The van der Waals surface area contributed by atoms with Gasteiger partial charge in [-0.3, -0.25) is 10.00 Å². The maximum atomic E-state index is 12.5. The van der Waals surface area contributed by atoms with Crippen LogP contribution in [0.3, 0.4) is 0 Å². The highest BCUT2D eigenvalue weighted by molar-refractivity contribution is 5.76. The van der Waals surface area contributed by atoms with Crippen molar-refractivity contribution in [2.24, 2.45) is 0 Å². The zero-order valence-electron chi connectivity index (χ0n) is 15.0. The molecule has 0 radical (unpaired) electrons. The Morgan fingerprint density at radius 1 is 1.37 bits per heavy atom. The summed E-state index contributed by atoms with van der Waals surface area (Å²) < 4.78 is 10.2. The Hall–Kier alpha value is -3.23. The van der Waals surface area contributed by atoms with Gasteiger partial charge in [0.2, 0.25) is 0 Å². The second kappa shape index (κ2) is 7.18. The number of aromatic amines is 1. The molecule has 2 aliphatic heterocycles. The van der Waals surface area contributed by atoms with Gasteiger partial charge in [-0.05, 0) is 24.3 Å². The van der Waals surface area contributed by atoms with Crippen LogP contribution in [0.1, 0.15) is 5.56 Å². The van der Waals surface area contributed by atoms with Crippen molar-refractivity contribution in [1.29, 1.82) is 0 Å². The Bertz CT molecular complexity index is 835. The van der Waals surface area contributed by atoms with Gasteiger partial charge in [-0.15, -0.1) is 0 Å². The average molecular weight is 371 g/mol. The molecule has 0 aliphatic carbocycles. The number of aromatic nitrogens is 2. The van der Waals surface area contributed by atoms with Crippen LogP contribution < -0.4 is 10.1 Å². The van der Waals surface area contributed by atoms with Crippen LogP contribution in [0.25, 0.3) is 11.3 Å². The third kappa shape index (κ3) is 3.40. The zero-order chi connectivity index (χ0) is 18.8. The number of H-pyrrole nitrogens is 1. The minimum absolute atomic E-state index is 0.0548. The maximum Gasteiger partial charge on any atom is 0.410 e. The van der Waals surface area contributed by atoms with Crippen molar-refractivity contribution in [2.45, 2.75) is 12.6 Å². The van der Waals surface area contributed by atoms with Crippen molar-refractivity contribution in [3.63, 3.8) is 0 Å². The van der Waals surface area contributed by atoms with Gasteiger partial charge >= 0.3 is 12.1 Å². The predicted octanol–water partition coefficient (Wildman–Crippen LogP) is 1.43. The fourth-order valence-electron chi connectivity index (χ4n) is 3.41. The molecule has 9 heteroatoms. The lowest BCUT2D eigenvalue weighted by atomic mass is 10.1. The topological polar surface area (TPSA) is 99.8 Å². The number of ether oxygens (including phenoxy) is 2. The molecular formula is C18H21N5O4. The molecule has 3 amide bonds. The normalized spacial score (nSPS) is 18.9. The summed E-state index contributed by atoms with van der Waals surface area (Å²) in [6, 6.07) is 7.42. The maximum absolute atomic E-state index is 12.5. The Kier molecular flexibility index (Phi) is 4.57. The van der Waals surface area contributed by atoms with E-state index in [-0.39, 0.29) is 18.2 Å². The van der Waals surface area contributed by atoms with Gasteiger partial charge in [-0.2, -0.15) is 5.10 Å². The van der Waals surface area contributed by atoms with Crippen LogP contribution in [0.2, 0.25) is 0 Å². The van der Waals surface area contributed by atoms with Crippen molar-refractivity contribution in [3.05, 3.63) is 36.0 Å². The minimum Gasteiger partial charge on any atom is -0.497 e. The minimum atomic E-state index is -0.289. The summed E-state index contributed by atoms with van der Waals surface area (Å²) in [5.74, 6) is 0.779. The van der Waals surface area contributed by atoms with Crippen LogP contribution in [0.5, 0.6) is 5.75 Å². The van der Waals surface area contributed by atoms with Gasteiger partial charge in [0.15, 0.2) is 0 Å². The van der Waals surface area contributed by atoms with E-state index in [1.807, 2.05) is 24.3 Å². The van der Waals surface area contributed by atoms with Gasteiger partial charge < -0.3 is 19.7 Å². The second-order valence-corrected chi connectivity index (χ2v) is 6.53. The smallest absolute Gasteiger partial charge is 0.410 e. The first-order chi connectivity index (χ1) is 13.2. The molecule has 1 aromatic carbocycles. The standard InChI is InChI=1S/C18H21N5O4/c1-26-15-4-2-12(3-5-15)16-13(9-20-21-16)8-19-17(24)22-6-7-23-14(10-22)11-27-18(23)25/h2-5,9,14H,6-8,10-11H2,1H3,(H,19,24)(H,20,21)/t14-/m1/s1. The van der Waals surface area contributed by atoms with Crippen LogP contribution in [0.15, 0.2) is 30.5 Å². The molecule has 27 heavy (non-hydrogen) atoms. The van der Waals surface area contributed by atoms with Crippen LogP contribution >= 0.6 is 0 Å². The van der Waals surface area contributed by atoms with E-state index >= 15 is 0 Å². The first kappa shape index (κ1) is 17.2. The van der Waals surface area contributed by atoms with Crippen LogP contribution in [-0.2, 0) is 11.3 Å². The number of cyclic esters (lactones) is 1. The average Bonchev–Trinajstić information content (AvgIpc) is 3.32. The molecule has 142 valence electrons. The number of carbonyl (C=O) groups is 2. The molecule has 2 aromatic rings. The van der Waals surface area contributed by atoms with Crippen molar-refractivity contribution >= 4 is 12.1 Å². The monoisotopic (exact) mass is 371 g/mol. The van der Waals surface area contributed by atoms with Crippen molar-refractivity contribution in [1.82, 2.24) is 25.3 Å². The first-order valence-electron chi connectivity index (χ1n) is 8.78. The highest BCUT2D eigenvalue weighted by Crippen LogP contribution is 2.24. The number of amides is 3. The van der Waals surface area contributed by atoms with Crippen LogP contribution in [0.4, 0.5) is 9.59 Å². The summed E-state index contributed by atoms with van der Waals surface area (Å²) in [5, 5.41) is 10.0. The quantitative estimate of drug-likeness (QED) is 0.847. The summed E-state index contributed by atoms with van der Waals surface area (Å²) in [5.41, 5.74) is 2.72. The lowest BCUT2D eigenvalue weighted by molar-refractivity contribution is 0.127. The van der Waals surface area contributed by atoms with Gasteiger partial charge in [-0.1, -0.05) is 0 Å². The highest BCUT2D eigenvalue weighted by Gasteiger charge is 2.38. The van der Waals surface area contributed by atoms with E-state index in [4.69, 9.17) is 9.47 Å². The van der Waals surface area contributed by atoms with E-state index < -0.39 is 0 Å². The molecule has 0 bridgehead atoms. The van der Waals surface area contributed by atoms with Gasteiger partial charge in [-0.25, -0.2) is 9.59 Å². The third-order valence-electron chi connectivity index (χ3n) is 4.93. The largest absolute Gasteiger partial charge is 0.497 e. The molecule has 0 spiro atoms. The summed E-state index contributed by atoms with van der Waals surface area (Å²) in [7, 11) is 1.62. The summed E-state index contributed by atoms with van der Waals surface area (Å²) >= 11 is 0. The van der Waals surface area contributed by atoms with Gasteiger partial charge in [0, 0.05) is 37.3 Å². The number of hydrogen-bond acceptors (Lipinski definition) is 5. The van der Waals surface area contributed by atoms with Crippen molar-refractivity contribution in [3.8, 4) is 17.0 Å². The number of fused-ring (bicyclic) bond motifs is 1. The molecule has 0 saturated carbocycles. The number of benzene rings is 1. The Labute approximate surface area is 156 Å². The van der Waals surface area contributed by atoms with E-state index in [9.17, 15) is 9.59 Å². The Morgan fingerprint density at radius 3 is 2.96 bits per heavy atom. The number of urea groups is 1. The number of piperazine rings is 1. The van der Waals surface area contributed by atoms with Gasteiger partial charge in [0.05, 0.1) is 25.0 Å². The predicted molar refractivity (Wildman–Crippen MR) is 96.2 cm³/mol. The molecule has 1 aromatic heterocycles. The van der Waals surface area contributed by atoms with E-state index in [1.165, 1.54) is 0 Å².